The standard InChI is InChI=1S/C18H14F2N4O.ClH/c1-10-22-18(23-25-10)17-16(20)14-8-12(19)4-7-15(14)24(17)13-5-2-11(9-21)3-6-13;/h2-8H,9,21H2,1H3;1H. The van der Waals surface area contributed by atoms with E-state index in [1.54, 1.807) is 11.5 Å². The highest BCUT2D eigenvalue weighted by molar-refractivity contribution is 5.89. The van der Waals surface area contributed by atoms with Gasteiger partial charge in [-0.1, -0.05) is 17.3 Å². The van der Waals surface area contributed by atoms with Gasteiger partial charge in [0, 0.05) is 24.5 Å². The number of rotatable bonds is 3. The summed E-state index contributed by atoms with van der Waals surface area (Å²) in [5.41, 5.74) is 7.90. The van der Waals surface area contributed by atoms with Crippen LogP contribution in [0.25, 0.3) is 28.1 Å². The van der Waals surface area contributed by atoms with Crippen LogP contribution in [0.5, 0.6) is 0 Å². The smallest absolute Gasteiger partial charge is 0.223 e. The van der Waals surface area contributed by atoms with Crippen molar-refractivity contribution in [2.75, 3.05) is 0 Å². The van der Waals surface area contributed by atoms with Crippen molar-refractivity contribution in [1.29, 1.82) is 0 Å². The van der Waals surface area contributed by atoms with E-state index < -0.39 is 11.6 Å². The summed E-state index contributed by atoms with van der Waals surface area (Å²) in [4.78, 5) is 4.13. The van der Waals surface area contributed by atoms with Crippen LogP contribution in [0.4, 0.5) is 8.78 Å². The highest BCUT2D eigenvalue weighted by Gasteiger charge is 2.24. The zero-order valence-corrected chi connectivity index (χ0v) is 14.6. The summed E-state index contributed by atoms with van der Waals surface area (Å²) in [6.45, 7) is 2.03. The van der Waals surface area contributed by atoms with Crippen molar-refractivity contribution in [2.45, 2.75) is 13.5 Å². The Hall–Kier alpha value is -2.77. The van der Waals surface area contributed by atoms with Crippen LogP contribution in [-0.4, -0.2) is 14.7 Å². The van der Waals surface area contributed by atoms with Crippen LogP contribution >= 0.6 is 12.4 Å². The van der Waals surface area contributed by atoms with E-state index in [4.69, 9.17) is 10.3 Å². The fourth-order valence-electron chi connectivity index (χ4n) is 2.87. The lowest BCUT2D eigenvalue weighted by Gasteiger charge is -2.09. The molecular weight excluding hydrogens is 362 g/mol. The van der Waals surface area contributed by atoms with Gasteiger partial charge in [0.25, 0.3) is 0 Å². The van der Waals surface area contributed by atoms with Crippen LogP contribution in [-0.2, 0) is 6.54 Å². The second-order valence-electron chi connectivity index (χ2n) is 5.67. The molecule has 4 aromatic rings. The molecular formula is C18H15ClF2N4O. The van der Waals surface area contributed by atoms with Gasteiger partial charge in [-0.05, 0) is 35.9 Å². The number of aromatic nitrogens is 3. The third-order valence-corrected chi connectivity index (χ3v) is 4.04. The maximum Gasteiger partial charge on any atom is 0.223 e. The molecule has 2 heterocycles. The van der Waals surface area contributed by atoms with E-state index in [2.05, 4.69) is 10.1 Å². The van der Waals surface area contributed by atoms with Gasteiger partial charge in [-0.3, -0.25) is 0 Å². The van der Waals surface area contributed by atoms with E-state index >= 15 is 4.39 Å². The van der Waals surface area contributed by atoms with Gasteiger partial charge >= 0.3 is 0 Å². The Kier molecular flexibility index (Phi) is 4.76. The quantitative estimate of drug-likeness (QED) is 0.583. The van der Waals surface area contributed by atoms with Crippen molar-refractivity contribution in [3.8, 4) is 17.2 Å². The van der Waals surface area contributed by atoms with Crippen molar-refractivity contribution in [2.24, 2.45) is 5.73 Å². The zero-order chi connectivity index (χ0) is 17.6. The number of hydrogen-bond donors (Lipinski definition) is 1. The molecule has 0 aliphatic rings. The molecule has 0 aliphatic carbocycles. The summed E-state index contributed by atoms with van der Waals surface area (Å²) >= 11 is 0. The summed E-state index contributed by atoms with van der Waals surface area (Å²) in [6, 6.07) is 11.3. The molecule has 2 N–H and O–H groups in total. The van der Waals surface area contributed by atoms with E-state index in [0.29, 0.717) is 23.6 Å². The molecule has 0 fully saturated rings. The molecule has 5 nitrogen and oxygen atoms in total. The fraction of sp³-hybridized carbons (Fsp3) is 0.111. The Morgan fingerprint density at radius 1 is 1.12 bits per heavy atom. The Balaban J connectivity index is 0.00000196. The highest BCUT2D eigenvalue weighted by atomic mass is 35.5. The first-order valence-electron chi connectivity index (χ1n) is 7.68. The highest BCUT2D eigenvalue weighted by Crippen LogP contribution is 2.34. The van der Waals surface area contributed by atoms with E-state index in [-0.39, 0.29) is 29.3 Å². The van der Waals surface area contributed by atoms with Gasteiger partial charge in [0.15, 0.2) is 5.82 Å². The predicted molar refractivity (Wildman–Crippen MR) is 96.4 cm³/mol. The molecule has 0 bridgehead atoms. The lowest BCUT2D eigenvalue weighted by molar-refractivity contribution is 0.394. The van der Waals surface area contributed by atoms with Gasteiger partial charge in [0.2, 0.25) is 11.7 Å². The van der Waals surface area contributed by atoms with Gasteiger partial charge in [-0.2, -0.15) is 4.98 Å². The molecule has 0 saturated heterocycles. The minimum atomic E-state index is -0.599. The molecule has 0 aliphatic heterocycles. The molecule has 0 radical (unpaired) electrons. The second-order valence-corrected chi connectivity index (χ2v) is 5.67. The molecule has 26 heavy (non-hydrogen) atoms. The molecule has 134 valence electrons. The van der Waals surface area contributed by atoms with Gasteiger partial charge in [0.1, 0.15) is 11.5 Å². The van der Waals surface area contributed by atoms with E-state index in [0.717, 1.165) is 11.6 Å². The van der Waals surface area contributed by atoms with Crippen molar-refractivity contribution >= 4 is 23.3 Å². The molecule has 0 spiro atoms. The zero-order valence-electron chi connectivity index (χ0n) is 13.7. The maximum absolute atomic E-state index is 15.1. The number of hydrogen-bond acceptors (Lipinski definition) is 4. The number of fused-ring (bicyclic) bond motifs is 1. The first kappa shape index (κ1) is 18.0. The second kappa shape index (κ2) is 6.86. The van der Waals surface area contributed by atoms with E-state index in [1.165, 1.54) is 12.1 Å². The minimum Gasteiger partial charge on any atom is -0.339 e. The molecule has 0 atom stereocenters. The van der Waals surface area contributed by atoms with E-state index in [1.807, 2.05) is 24.3 Å². The molecule has 0 saturated carbocycles. The molecule has 2 aromatic carbocycles. The van der Waals surface area contributed by atoms with Crippen LogP contribution in [0.1, 0.15) is 11.5 Å². The third-order valence-electron chi connectivity index (χ3n) is 4.04. The van der Waals surface area contributed by atoms with Crippen LogP contribution in [0.2, 0.25) is 0 Å². The average Bonchev–Trinajstić information content (AvgIpc) is 3.16. The van der Waals surface area contributed by atoms with Gasteiger partial charge < -0.3 is 14.8 Å². The Morgan fingerprint density at radius 3 is 2.46 bits per heavy atom. The van der Waals surface area contributed by atoms with E-state index in [9.17, 15) is 4.39 Å². The Labute approximate surface area is 153 Å². The summed E-state index contributed by atoms with van der Waals surface area (Å²) in [5.74, 6) is -0.693. The summed E-state index contributed by atoms with van der Waals surface area (Å²) in [5, 5.41) is 3.98. The molecule has 8 heteroatoms. The van der Waals surface area contributed by atoms with Crippen molar-refractivity contribution < 1.29 is 13.3 Å². The number of aryl methyl sites for hydroxylation is 1. The number of benzene rings is 2. The topological polar surface area (TPSA) is 69.9 Å². The lowest BCUT2D eigenvalue weighted by atomic mass is 10.2. The number of nitrogens with two attached hydrogens (primary N) is 1. The molecule has 0 amide bonds. The van der Waals surface area contributed by atoms with Gasteiger partial charge in [-0.15, -0.1) is 12.4 Å². The average molecular weight is 377 g/mol. The van der Waals surface area contributed by atoms with Crippen LogP contribution < -0.4 is 5.73 Å². The summed E-state index contributed by atoms with van der Waals surface area (Å²) < 4.78 is 35.3. The van der Waals surface area contributed by atoms with Crippen LogP contribution in [0.15, 0.2) is 47.0 Å². The third kappa shape index (κ3) is 2.85. The molecule has 2 aromatic heterocycles. The van der Waals surface area contributed by atoms with Gasteiger partial charge in [0.05, 0.1) is 5.52 Å². The number of nitrogens with zero attached hydrogens (tertiary/aromatic N) is 3. The molecule has 4 rings (SSSR count). The van der Waals surface area contributed by atoms with Crippen molar-refractivity contribution in [1.82, 2.24) is 14.7 Å². The minimum absolute atomic E-state index is 0. The largest absolute Gasteiger partial charge is 0.339 e. The fourth-order valence-corrected chi connectivity index (χ4v) is 2.87. The van der Waals surface area contributed by atoms with Crippen LogP contribution in [0.3, 0.4) is 0 Å². The lowest BCUT2D eigenvalue weighted by Crippen LogP contribution is -2.01. The SMILES string of the molecule is Cc1nc(-c2c(F)c3cc(F)ccc3n2-c2ccc(CN)cc2)no1.Cl. The van der Waals surface area contributed by atoms with Crippen LogP contribution in [0, 0.1) is 18.6 Å². The summed E-state index contributed by atoms with van der Waals surface area (Å²) in [6.07, 6.45) is 0. The van der Waals surface area contributed by atoms with Gasteiger partial charge in [-0.25, -0.2) is 8.78 Å². The predicted octanol–water partition coefficient (Wildman–Crippen LogP) is 4.15. The first-order valence-corrected chi connectivity index (χ1v) is 7.68. The molecule has 0 unspecified atom stereocenters. The Morgan fingerprint density at radius 2 is 1.85 bits per heavy atom. The Bertz CT molecular complexity index is 1070. The first-order chi connectivity index (χ1) is 12.1. The number of halogens is 3. The summed E-state index contributed by atoms with van der Waals surface area (Å²) in [7, 11) is 0. The monoisotopic (exact) mass is 376 g/mol. The maximum atomic E-state index is 15.1. The van der Waals surface area contributed by atoms with Crippen molar-refractivity contribution in [3.05, 3.63) is 65.6 Å². The normalized spacial score (nSPS) is 10.9. The van der Waals surface area contributed by atoms with Crippen molar-refractivity contribution in [3.63, 3.8) is 0 Å².